The standard InChI is InChI=1S/C15H21NO3/c1-12-3-5-13(6-4-12)15(2,11-14(17)18)16-7-9-19-10-8-16/h3-6H,7-11H2,1-2H3,(H,17,18). The lowest BCUT2D eigenvalue weighted by molar-refractivity contribution is -0.141. The Kier molecular flexibility index (Phi) is 4.22. The van der Waals surface area contributed by atoms with Crippen molar-refractivity contribution in [3.8, 4) is 0 Å². The number of aliphatic carboxylic acids is 1. The molecule has 0 radical (unpaired) electrons. The van der Waals surface area contributed by atoms with Crippen LogP contribution in [0.15, 0.2) is 24.3 Å². The van der Waals surface area contributed by atoms with Crippen LogP contribution in [-0.4, -0.2) is 42.3 Å². The predicted molar refractivity (Wildman–Crippen MR) is 73.2 cm³/mol. The van der Waals surface area contributed by atoms with Crippen LogP contribution in [0.4, 0.5) is 0 Å². The SMILES string of the molecule is Cc1ccc(C(C)(CC(=O)O)N2CCOCC2)cc1. The van der Waals surface area contributed by atoms with Gasteiger partial charge in [0, 0.05) is 13.1 Å². The van der Waals surface area contributed by atoms with Gasteiger partial charge in [-0.3, -0.25) is 9.69 Å². The molecule has 1 atom stereocenters. The van der Waals surface area contributed by atoms with Gasteiger partial charge in [-0.1, -0.05) is 29.8 Å². The number of aryl methyl sites for hydroxylation is 1. The van der Waals surface area contributed by atoms with Crippen LogP contribution in [-0.2, 0) is 15.1 Å². The fourth-order valence-corrected chi connectivity index (χ4v) is 2.66. The molecule has 1 saturated heterocycles. The number of carboxylic acid groups (broad SMARTS) is 1. The van der Waals surface area contributed by atoms with Crippen LogP contribution in [0.2, 0.25) is 0 Å². The average Bonchev–Trinajstić information content (AvgIpc) is 2.39. The predicted octanol–water partition coefficient (Wildman–Crippen LogP) is 2.02. The van der Waals surface area contributed by atoms with Gasteiger partial charge in [0.25, 0.3) is 0 Å². The van der Waals surface area contributed by atoms with E-state index in [-0.39, 0.29) is 6.42 Å². The molecular formula is C15H21NO3. The summed E-state index contributed by atoms with van der Waals surface area (Å²) in [6, 6.07) is 8.15. The highest BCUT2D eigenvalue weighted by Crippen LogP contribution is 2.32. The van der Waals surface area contributed by atoms with E-state index in [1.807, 2.05) is 38.1 Å². The lowest BCUT2D eigenvalue weighted by Crippen LogP contribution is -2.50. The number of morpholine rings is 1. The largest absolute Gasteiger partial charge is 0.481 e. The highest BCUT2D eigenvalue weighted by Gasteiger charge is 2.36. The molecule has 0 aliphatic carbocycles. The topological polar surface area (TPSA) is 49.8 Å². The molecule has 0 bridgehead atoms. The first-order valence-corrected chi connectivity index (χ1v) is 6.64. The quantitative estimate of drug-likeness (QED) is 0.903. The molecule has 1 aliphatic heterocycles. The molecule has 0 spiro atoms. The van der Waals surface area contributed by atoms with E-state index < -0.39 is 11.5 Å². The monoisotopic (exact) mass is 263 g/mol. The molecule has 1 aromatic rings. The minimum atomic E-state index is -0.769. The van der Waals surface area contributed by atoms with Crippen molar-refractivity contribution in [2.24, 2.45) is 0 Å². The molecule has 19 heavy (non-hydrogen) atoms. The minimum Gasteiger partial charge on any atom is -0.481 e. The van der Waals surface area contributed by atoms with Crippen LogP contribution in [0, 0.1) is 6.92 Å². The maximum atomic E-state index is 11.2. The van der Waals surface area contributed by atoms with Gasteiger partial charge in [-0.15, -0.1) is 0 Å². The van der Waals surface area contributed by atoms with Crippen molar-refractivity contribution in [3.05, 3.63) is 35.4 Å². The van der Waals surface area contributed by atoms with Crippen LogP contribution in [0.3, 0.4) is 0 Å². The van der Waals surface area contributed by atoms with Gasteiger partial charge in [-0.25, -0.2) is 0 Å². The summed E-state index contributed by atoms with van der Waals surface area (Å²) in [5, 5.41) is 9.24. The van der Waals surface area contributed by atoms with E-state index in [9.17, 15) is 9.90 Å². The van der Waals surface area contributed by atoms with E-state index in [4.69, 9.17) is 4.74 Å². The van der Waals surface area contributed by atoms with E-state index >= 15 is 0 Å². The zero-order valence-corrected chi connectivity index (χ0v) is 11.6. The summed E-state index contributed by atoms with van der Waals surface area (Å²) in [5.41, 5.74) is 1.77. The highest BCUT2D eigenvalue weighted by molar-refractivity contribution is 5.69. The molecule has 4 heteroatoms. The molecule has 1 unspecified atom stereocenters. The molecule has 1 heterocycles. The van der Waals surface area contributed by atoms with E-state index in [0.717, 1.165) is 18.7 Å². The number of benzene rings is 1. The number of hydrogen-bond donors (Lipinski definition) is 1. The lowest BCUT2D eigenvalue weighted by atomic mass is 9.86. The third-order valence-corrected chi connectivity index (χ3v) is 3.88. The van der Waals surface area contributed by atoms with Gasteiger partial charge in [0.2, 0.25) is 0 Å². The third kappa shape index (κ3) is 3.14. The summed E-state index contributed by atoms with van der Waals surface area (Å²) < 4.78 is 5.37. The van der Waals surface area contributed by atoms with Gasteiger partial charge in [-0.05, 0) is 19.4 Å². The van der Waals surface area contributed by atoms with E-state index in [1.165, 1.54) is 5.56 Å². The van der Waals surface area contributed by atoms with E-state index in [0.29, 0.717) is 13.2 Å². The first-order valence-electron chi connectivity index (χ1n) is 6.64. The summed E-state index contributed by atoms with van der Waals surface area (Å²) in [7, 11) is 0. The van der Waals surface area contributed by atoms with Crippen molar-refractivity contribution in [2.75, 3.05) is 26.3 Å². The number of carbonyl (C=O) groups is 1. The Morgan fingerprint density at radius 3 is 2.42 bits per heavy atom. The first kappa shape index (κ1) is 14.0. The Morgan fingerprint density at radius 1 is 1.32 bits per heavy atom. The Labute approximate surface area is 114 Å². The summed E-state index contributed by atoms with van der Waals surface area (Å²) in [6.07, 6.45) is 0.107. The zero-order valence-electron chi connectivity index (χ0n) is 11.6. The molecular weight excluding hydrogens is 242 g/mol. The van der Waals surface area contributed by atoms with Crippen molar-refractivity contribution in [2.45, 2.75) is 25.8 Å². The molecule has 0 saturated carbocycles. The second kappa shape index (κ2) is 5.72. The minimum absolute atomic E-state index is 0.107. The van der Waals surface area contributed by atoms with Crippen LogP contribution in [0.25, 0.3) is 0 Å². The summed E-state index contributed by atoms with van der Waals surface area (Å²) in [5.74, 6) is -0.769. The summed E-state index contributed by atoms with van der Waals surface area (Å²) in [4.78, 5) is 13.5. The molecule has 104 valence electrons. The maximum absolute atomic E-state index is 11.2. The number of carboxylic acids is 1. The van der Waals surface area contributed by atoms with Gasteiger partial charge < -0.3 is 9.84 Å². The average molecular weight is 263 g/mol. The van der Waals surface area contributed by atoms with Crippen molar-refractivity contribution >= 4 is 5.97 Å². The van der Waals surface area contributed by atoms with Crippen LogP contribution >= 0.6 is 0 Å². The Bertz CT molecular complexity index is 437. The first-order chi connectivity index (χ1) is 9.02. The van der Waals surface area contributed by atoms with Crippen molar-refractivity contribution < 1.29 is 14.6 Å². The molecule has 2 rings (SSSR count). The summed E-state index contributed by atoms with van der Waals surface area (Å²) in [6.45, 7) is 6.93. The van der Waals surface area contributed by atoms with E-state index in [2.05, 4.69) is 4.90 Å². The highest BCUT2D eigenvalue weighted by atomic mass is 16.5. The van der Waals surface area contributed by atoms with Gasteiger partial charge in [-0.2, -0.15) is 0 Å². The second-order valence-electron chi connectivity index (χ2n) is 5.31. The molecule has 4 nitrogen and oxygen atoms in total. The molecule has 0 amide bonds. The Morgan fingerprint density at radius 2 is 1.89 bits per heavy atom. The van der Waals surface area contributed by atoms with Gasteiger partial charge in [0.05, 0.1) is 25.2 Å². The molecule has 1 aliphatic rings. The van der Waals surface area contributed by atoms with Gasteiger partial charge >= 0.3 is 5.97 Å². The normalized spacial score (nSPS) is 19.9. The van der Waals surface area contributed by atoms with Crippen LogP contribution in [0.5, 0.6) is 0 Å². The smallest absolute Gasteiger partial charge is 0.305 e. The second-order valence-corrected chi connectivity index (χ2v) is 5.31. The number of rotatable bonds is 4. The lowest BCUT2D eigenvalue weighted by Gasteiger charge is -2.43. The number of ether oxygens (including phenoxy) is 1. The van der Waals surface area contributed by atoms with Gasteiger partial charge in [0.15, 0.2) is 0 Å². The Balaban J connectivity index is 2.32. The number of hydrogen-bond acceptors (Lipinski definition) is 3. The third-order valence-electron chi connectivity index (χ3n) is 3.88. The van der Waals surface area contributed by atoms with Crippen molar-refractivity contribution in [1.29, 1.82) is 0 Å². The van der Waals surface area contributed by atoms with Gasteiger partial charge in [0.1, 0.15) is 0 Å². The van der Waals surface area contributed by atoms with E-state index in [1.54, 1.807) is 0 Å². The molecule has 0 aromatic heterocycles. The van der Waals surface area contributed by atoms with Crippen molar-refractivity contribution in [3.63, 3.8) is 0 Å². The fourth-order valence-electron chi connectivity index (χ4n) is 2.66. The zero-order chi connectivity index (χ0) is 13.9. The maximum Gasteiger partial charge on any atom is 0.305 e. The van der Waals surface area contributed by atoms with Crippen molar-refractivity contribution in [1.82, 2.24) is 4.90 Å². The summed E-state index contributed by atoms with van der Waals surface area (Å²) >= 11 is 0. The Hall–Kier alpha value is -1.39. The van der Waals surface area contributed by atoms with Crippen LogP contribution in [0.1, 0.15) is 24.5 Å². The number of nitrogens with zero attached hydrogens (tertiary/aromatic N) is 1. The fraction of sp³-hybridized carbons (Fsp3) is 0.533. The molecule has 1 N–H and O–H groups in total. The van der Waals surface area contributed by atoms with Crippen LogP contribution < -0.4 is 0 Å². The molecule has 1 aromatic carbocycles. The molecule has 1 fully saturated rings.